The van der Waals surface area contributed by atoms with Crippen molar-refractivity contribution < 1.29 is 13.9 Å². The lowest BCUT2D eigenvalue weighted by Crippen LogP contribution is -2.15. The molecule has 0 radical (unpaired) electrons. The number of fused-ring (bicyclic) bond motifs is 1. The lowest BCUT2D eigenvalue weighted by atomic mass is 10.2. The van der Waals surface area contributed by atoms with Crippen molar-refractivity contribution in [3.05, 3.63) is 36.1 Å². The highest BCUT2D eigenvalue weighted by molar-refractivity contribution is 7.99. The third-order valence-corrected chi connectivity index (χ3v) is 3.48. The Labute approximate surface area is 109 Å². The van der Waals surface area contributed by atoms with Gasteiger partial charge in [-0.2, -0.15) is 0 Å². The number of ether oxygens (including phenoxy) is 2. The fourth-order valence-electron chi connectivity index (χ4n) is 1.54. The molecule has 0 atom stereocenters. The molecule has 1 aromatic carbocycles. The van der Waals surface area contributed by atoms with E-state index in [1.165, 1.54) is 12.1 Å². The SMILES string of the molecule is COC(CSc1ccc2cc(F)ccc2n1)OC. The molecular weight excluding hydrogens is 253 g/mol. The van der Waals surface area contributed by atoms with E-state index >= 15 is 0 Å². The molecule has 0 amide bonds. The molecule has 0 saturated carbocycles. The van der Waals surface area contributed by atoms with Crippen LogP contribution in [-0.4, -0.2) is 31.2 Å². The Morgan fingerprint density at radius 3 is 2.72 bits per heavy atom. The highest BCUT2D eigenvalue weighted by atomic mass is 32.2. The molecule has 0 N–H and O–H groups in total. The summed E-state index contributed by atoms with van der Waals surface area (Å²) in [4.78, 5) is 4.44. The molecule has 0 aliphatic heterocycles. The molecule has 0 fully saturated rings. The van der Waals surface area contributed by atoms with Crippen LogP contribution in [0.4, 0.5) is 4.39 Å². The van der Waals surface area contributed by atoms with E-state index in [9.17, 15) is 4.39 Å². The van der Waals surface area contributed by atoms with Gasteiger partial charge in [-0.3, -0.25) is 0 Å². The number of halogens is 1. The van der Waals surface area contributed by atoms with Gasteiger partial charge >= 0.3 is 0 Å². The molecule has 0 bridgehead atoms. The van der Waals surface area contributed by atoms with Crippen LogP contribution in [-0.2, 0) is 9.47 Å². The lowest BCUT2D eigenvalue weighted by Gasteiger charge is -2.12. The summed E-state index contributed by atoms with van der Waals surface area (Å²) in [6, 6.07) is 8.30. The Kier molecular flexibility index (Phi) is 4.52. The lowest BCUT2D eigenvalue weighted by molar-refractivity contribution is -0.0842. The van der Waals surface area contributed by atoms with Gasteiger partial charge in [0.2, 0.25) is 0 Å². The summed E-state index contributed by atoms with van der Waals surface area (Å²) in [6.45, 7) is 0. The fourth-order valence-corrected chi connectivity index (χ4v) is 2.45. The van der Waals surface area contributed by atoms with Crippen molar-refractivity contribution in [3.8, 4) is 0 Å². The molecule has 5 heteroatoms. The largest absolute Gasteiger partial charge is 0.355 e. The smallest absolute Gasteiger partial charge is 0.166 e. The molecule has 18 heavy (non-hydrogen) atoms. The second-order valence-electron chi connectivity index (χ2n) is 3.70. The molecule has 0 aliphatic carbocycles. The third-order valence-electron chi connectivity index (χ3n) is 2.52. The molecule has 3 nitrogen and oxygen atoms in total. The van der Waals surface area contributed by atoms with Crippen LogP contribution in [0.1, 0.15) is 0 Å². The first-order valence-corrected chi connectivity index (χ1v) is 6.46. The Bertz CT molecular complexity index is 531. The van der Waals surface area contributed by atoms with Crippen LogP contribution in [0.5, 0.6) is 0 Å². The molecular formula is C13H14FNO2S. The fraction of sp³-hybridized carbons (Fsp3) is 0.308. The van der Waals surface area contributed by atoms with E-state index < -0.39 is 0 Å². The maximum Gasteiger partial charge on any atom is 0.166 e. The van der Waals surface area contributed by atoms with E-state index in [-0.39, 0.29) is 12.1 Å². The van der Waals surface area contributed by atoms with Gasteiger partial charge in [0.05, 0.1) is 16.3 Å². The van der Waals surface area contributed by atoms with E-state index in [1.807, 2.05) is 12.1 Å². The minimum Gasteiger partial charge on any atom is -0.355 e. The van der Waals surface area contributed by atoms with Crippen LogP contribution < -0.4 is 0 Å². The first-order valence-electron chi connectivity index (χ1n) is 5.47. The summed E-state index contributed by atoms with van der Waals surface area (Å²) in [5.74, 6) is 0.413. The van der Waals surface area contributed by atoms with Crippen LogP contribution in [0.3, 0.4) is 0 Å². The van der Waals surface area contributed by atoms with E-state index in [0.717, 1.165) is 15.9 Å². The minimum atomic E-state index is -0.249. The van der Waals surface area contributed by atoms with Crippen molar-refractivity contribution in [2.24, 2.45) is 0 Å². The van der Waals surface area contributed by atoms with Crippen LogP contribution >= 0.6 is 11.8 Å². The second kappa shape index (κ2) is 6.13. The average molecular weight is 267 g/mol. The summed E-state index contributed by atoms with van der Waals surface area (Å²) in [5, 5.41) is 1.67. The molecule has 1 aromatic heterocycles. The first-order chi connectivity index (χ1) is 8.72. The zero-order chi connectivity index (χ0) is 13.0. The van der Waals surface area contributed by atoms with Crippen molar-refractivity contribution in [1.29, 1.82) is 0 Å². The average Bonchev–Trinajstić information content (AvgIpc) is 2.40. The number of hydrogen-bond donors (Lipinski definition) is 0. The third kappa shape index (κ3) is 3.19. The molecule has 0 unspecified atom stereocenters. The Balaban J connectivity index is 2.12. The van der Waals surface area contributed by atoms with Gasteiger partial charge in [0.1, 0.15) is 5.82 Å². The van der Waals surface area contributed by atoms with Gasteiger partial charge in [-0.25, -0.2) is 9.37 Å². The summed E-state index contributed by atoms with van der Waals surface area (Å²) in [5.41, 5.74) is 0.785. The Morgan fingerprint density at radius 1 is 1.22 bits per heavy atom. The quantitative estimate of drug-likeness (QED) is 0.615. The summed E-state index contributed by atoms with van der Waals surface area (Å²) in [7, 11) is 3.21. The van der Waals surface area contributed by atoms with Gasteiger partial charge in [-0.15, -0.1) is 11.8 Å². The number of nitrogens with zero attached hydrogens (tertiary/aromatic N) is 1. The van der Waals surface area contributed by atoms with Crippen LogP contribution in [0, 0.1) is 5.82 Å². The van der Waals surface area contributed by atoms with Crippen LogP contribution in [0.15, 0.2) is 35.4 Å². The van der Waals surface area contributed by atoms with Crippen molar-refractivity contribution in [2.45, 2.75) is 11.3 Å². The van der Waals surface area contributed by atoms with Gasteiger partial charge < -0.3 is 9.47 Å². The van der Waals surface area contributed by atoms with E-state index in [1.54, 1.807) is 32.0 Å². The summed E-state index contributed by atoms with van der Waals surface area (Å²) in [6.07, 6.45) is -0.249. The topological polar surface area (TPSA) is 31.4 Å². The minimum absolute atomic E-state index is 0.247. The van der Waals surface area contributed by atoms with Crippen molar-refractivity contribution in [2.75, 3.05) is 20.0 Å². The molecule has 1 heterocycles. The Morgan fingerprint density at radius 2 is 2.00 bits per heavy atom. The second-order valence-corrected chi connectivity index (χ2v) is 4.74. The number of rotatable bonds is 5. The molecule has 0 aliphatic rings. The highest BCUT2D eigenvalue weighted by Gasteiger charge is 2.07. The van der Waals surface area contributed by atoms with Gasteiger partial charge in [0.15, 0.2) is 6.29 Å². The normalized spacial score (nSPS) is 11.3. The molecule has 0 spiro atoms. The standard InChI is InChI=1S/C13H14FNO2S/c1-16-13(17-2)8-18-12-6-3-9-7-10(14)4-5-11(9)15-12/h3-7,13H,8H2,1-2H3. The zero-order valence-electron chi connectivity index (χ0n) is 10.2. The molecule has 2 aromatic rings. The van der Waals surface area contributed by atoms with Gasteiger partial charge in [-0.05, 0) is 24.3 Å². The van der Waals surface area contributed by atoms with Gasteiger partial charge in [0.25, 0.3) is 0 Å². The molecule has 2 rings (SSSR count). The number of pyridine rings is 1. The maximum atomic E-state index is 13.0. The zero-order valence-corrected chi connectivity index (χ0v) is 11.0. The molecule has 96 valence electrons. The van der Waals surface area contributed by atoms with E-state index in [2.05, 4.69) is 4.98 Å². The predicted octanol–water partition coefficient (Wildman–Crippen LogP) is 3.08. The van der Waals surface area contributed by atoms with Gasteiger partial charge in [-0.1, -0.05) is 6.07 Å². The van der Waals surface area contributed by atoms with E-state index in [0.29, 0.717) is 5.75 Å². The summed E-state index contributed by atoms with van der Waals surface area (Å²) < 4.78 is 23.2. The molecule has 0 saturated heterocycles. The van der Waals surface area contributed by atoms with Gasteiger partial charge in [0, 0.05) is 19.6 Å². The van der Waals surface area contributed by atoms with Crippen LogP contribution in [0.25, 0.3) is 10.9 Å². The maximum absolute atomic E-state index is 13.0. The monoisotopic (exact) mass is 267 g/mol. The highest BCUT2D eigenvalue weighted by Crippen LogP contribution is 2.21. The first kappa shape index (κ1) is 13.3. The number of benzene rings is 1. The predicted molar refractivity (Wildman–Crippen MR) is 70.2 cm³/mol. The number of methoxy groups -OCH3 is 2. The van der Waals surface area contributed by atoms with Crippen molar-refractivity contribution in [3.63, 3.8) is 0 Å². The number of thioether (sulfide) groups is 1. The number of hydrogen-bond acceptors (Lipinski definition) is 4. The van der Waals surface area contributed by atoms with Crippen LogP contribution in [0.2, 0.25) is 0 Å². The van der Waals surface area contributed by atoms with Crippen molar-refractivity contribution in [1.82, 2.24) is 4.98 Å². The summed E-state index contributed by atoms with van der Waals surface area (Å²) >= 11 is 1.54. The number of aromatic nitrogens is 1. The Hall–Kier alpha value is -1.17. The van der Waals surface area contributed by atoms with E-state index in [4.69, 9.17) is 9.47 Å². The van der Waals surface area contributed by atoms with Crippen molar-refractivity contribution >= 4 is 22.7 Å².